The number of anilines is 2. The van der Waals surface area contributed by atoms with Crippen LogP contribution in [-0.2, 0) is 11.8 Å². The summed E-state index contributed by atoms with van der Waals surface area (Å²) in [6.45, 7) is 11.7. The lowest BCUT2D eigenvalue weighted by molar-refractivity contribution is 0.0861. The van der Waals surface area contributed by atoms with Gasteiger partial charge < -0.3 is 9.64 Å². The summed E-state index contributed by atoms with van der Waals surface area (Å²) in [5.74, 6) is 0.455. The van der Waals surface area contributed by atoms with Crippen molar-refractivity contribution in [3.05, 3.63) is 75.9 Å². The van der Waals surface area contributed by atoms with Crippen molar-refractivity contribution in [2.75, 3.05) is 4.90 Å². The lowest BCUT2D eigenvalue weighted by atomic mass is 9.83. The van der Waals surface area contributed by atoms with Crippen LogP contribution in [0.5, 0.6) is 5.75 Å². The van der Waals surface area contributed by atoms with Gasteiger partial charge in [0.15, 0.2) is 5.78 Å². The molecule has 0 bridgehead atoms. The number of nitrogens with zero attached hydrogens (tertiary/aromatic N) is 3. The van der Waals surface area contributed by atoms with Crippen molar-refractivity contribution in [1.82, 2.24) is 10.2 Å². The smallest absolute Gasteiger partial charge is 0.235 e. The quantitative estimate of drug-likeness (QED) is 0.449. The van der Waals surface area contributed by atoms with Gasteiger partial charge in [-0.05, 0) is 42.8 Å². The van der Waals surface area contributed by atoms with Crippen molar-refractivity contribution in [2.24, 2.45) is 0 Å². The summed E-state index contributed by atoms with van der Waals surface area (Å²) in [7, 11) is 0. The number of Topliss-reactive ketones (excluding diaryl/α,β-unsaturated/α-hetero) is 1. The van der Waals surface area contributed by atoms with Crippen LogP contribution in [0.25, 0.3) is 0 Å². The third kappa shape index (κ3) is 3.97. The number of fused-ring (bicyclic) bond motifs is 1. The number of halogens is 1. The van der Waals surface area contributed by atoms with Crippen molar-refractivity contribution >= 4 is 28.5 Å². The number of alkyl halides is 1. The largest absolute Gasteiger partial charge is 0.461 e. The number of ether oxygens (including phenoxy) is 1. The van der Waals surface area contributed by atoms with Gasteiger partial charge in [-0.2, -0.15) is 0 Å². The predicted molar refractivity (Wildman–Crippen MR) is 121 cm³/mol. The molecule has 0 amide bonds. The van der Waals surface area contributed by atoms with Crippen LogP contribution in [0.15, 0.2) is 54.7 Å². The number of allylic oxidation sites excluding steroid dienone is 1. The number of hydrogen-bond donors (Lipinski definition) is 0. The number of rotatable bonds is 6. The first-order valence-corrected chi connectivity index (χ1v) is 10.9. The van der Waals surface area contributed by atoms with Crippen molar-refractivity contribution in [2.45, 2.75) is 45.9 Å². The number of aromatic nitrogens is 2. The molecule has 2 aromatic carbocycles. The van der Waals surface area contributed by atoms with Gasteiger partial charge in [0.2, 0.25) is 6.36 Å². The van der Waals surface area contributed by atoms with E-state index in [0.717, 1.165) is 27.6 Å². The van der Waals surface area contributed by atoms with Crippen LogP contribution in [0.3, 0.4) is 0 Å². The average Bonchev–Trinajstić information content (AvgIpc) is 3.20. The van der Waals surface area contributed by atoms with Gasteiger partial charge in [0.1, 0.15) is 15.8 Å². The molecule has 0 fully saturated rings. The van der Waals surface area contributed by atoms with Gasteiger partial charge in [0.25, 0.3) is 0 Å². The molecule has 0 saturated heterocycles. The summed E-state index contributed by atoms with van der Waals surface area (Å²) in [5.41, 5.74) is 3.92. The molecule has 0 saturated carbocycles. The molecule has 3 aromatic rings. The Kier molecular flexibility index (Phi) is 5.39. The van der Waals surface area contributed by atoms with E-state index in [0.29, 0.717) is 16.3 Å². The molecular weight excluding hydrogens is 413 g/mol. The standard InChI is InChI=1S/C24H24FN3O2S/c1-14-24(4,5)20-11-17(22(29)13-23-27-26-16(3)31-23)9-10-21(20)28(14)18-7-6-8-19(12-18)30-15(2)25/h6-12,15H,1,13H2,2-5H3. The third-order valence-corrected chi connectivity index (χ3v) is 6.32. The van der Waals surface area contributed by atoms with Gasteiger partial charge in [-0.25, -0.2) is 4.39 Å². The van der Waals surface area contributed by atoms with Crippen LogP contribution in [0.1, 0.15) is 46.7 Å². The summed E-state index contributed by atoms with van der Waals surface area (Å²) in [5, 5.41) is 9.61. The molecule has 31 heavy (non-hydrogen) atoms. The van der Waals surface area contributed by atoms with Crippen LogP contribution in [-0.4, -0.2) is 22.3 Å². The van der Waals surface area contributed by atoms with E-state index in [1.165, 1.54) is 18.3 Å². The molecule has 1 atom stereocenters. The van der Waals surface area contributed by atoms with Gasteiger partial charge in [0, 0.05) is 41.0 Å². The molecule has 0 spiro atoms. The van der Waals surface area contributed by atoms with Crippen molar-refractivity contribution in [3.8, 4) is 5.75 Å². The summed E-state index contributed by atoms with van der Waals surface area (Å²) in [6.07, 6.45) is -1.16. The molecule has 5 nitrogen and oxygen atoms in total. The molecular formula is C24H24FN3O2S. The molecule has 0 aliphatic carbocycles. The van der Waals surface area contributed by atoms with Crippen LogP contribution in [0.4, 0.5) is 15.8 Å². The second-order valence-corrected chi connectivity index (χ2v) is 9.38. The molecule has 1 unspecified atom stereocenters. The fourth-order valence-corrected chi connectivity index (χ4v) is 4.52. The fourth-order valence-electron chi connectivity index (χ4n) is 3.81. The summed E-state index contributed by atoms with van der Waals surface area (Å²) >= 11 is 1.44. The Hall–Kier alpha value is -3.06. The molecule has 160 valence electrons. The highest BCUT2D eigenvalue weighted by molar-refractivity contribution is 7.11. The maximum absolute atomic E-state index is 13.3. The third-order valence-electron chi connectivity index (χ3n) is 5.48. The summed E-state index contributed by atoms with van der Waals surface area (Å²) < 4.78 is 18.5. The first-order valence-electron chi connectivity index (χ1n) is 10.0. The van der Waals surface area contributed by atoms with E-state index >= 15 is 0 Å². The van der Waals surface area contributed by atoms with Crippen LogP contribution >= 0.6 is 11.3 Å². The average molecular weight is 438 g/mol. The molecule has 1 aliphatic rings. The molecule has 4 rings (SSSR count). The van der Waals surface area contributed by atoms with E-state index < -0.39 is 6.36 Å². The van der Waals surface area contributed by atoms with E-state index in [4.69, 9.17) is 4.74 Å². The minimum atomic E-state index is -1.40. The topological polar surface area (TPSA) is 55.3 Å². The van der Waals surface area contributed by atoms with E-state index in [2.05, 4.69) is 30.6 Å². The second-order valence-electron chi connectivity index (χ2n) is 8.11. The minimum Gasteiger partial charge on any atom is -0.461 e. The Balaban J connectivity index is 1.69. The van der Waals surface area contributed by atoms with E-state index in [9.17, 15) is 9.18 Å². The maximum Gasteiger partial charge on any atom is 0.235 e. The van der Waals surface area contributed by atoms with Crippen molar-refractivity contribution in [1.29, 1.82) is 0 Å². The van der Waals surface area contributed by atoms with Gasteiger partial charge in [-0.1, -0.05) is 26.5 Å². The Labute approximate surface area is 185 Å². The maximum atomic E-state index is 13.3. The number of aryl methyl sites for hydroxylation is 1. The van der Waals surface area contributed by atoms with Gasteiger partial charge in [0.05, 0.1) is 6.42 Å². The zero-order valence-electron chi connectivity index (χ0n) is 18.0. The molecule has 2 heterocycles. The Bertz CT molecular complexity index is 1170. The van der Waals surface area contributed by atoms with Gasteiger partial charge in [-0.15, -0.1) is 21.5 Å². The van der Waals surface area contributed by atoms with Crippen LogP contribution in [0.2, 0.25) is 0 Å². The molecule has 0 radical (unpaired) electrons. The number of hydrogen-bond acceptors (Lipinski definition) is 6. The molecule has 1 aliphatic heterocycles. The summed E-state index contributed by atoms with van der Waals surface area (Å²) in [6, 6.07) is 13.0. The number of ketones is 1. The van der Waals surface area contributed by atoms with Gasteiger partial charge in [-0.3, -0.25) is 4.79 Å². The monoisotopic (exact) mass is 437 g/mol. The highest BCUT2D eigenvalue weighted by Crippen LogP contribution is 2.51. The number of benzene rings is 2. The van der Waals surface area contributed by atoms with E-state index in [1.807, 2.05) is 42.2 Å². The second kappa shape index (κ2) is 7.89. The number of carbonyl (C=O) groups excluding carboxylic acids is 1. The van der Waals surface area contributed by atoms with Crippen LogP contribution < -0.4 is 9.64 Å². The molecule has 7 heteroatoms. The Morgan fingerprint density at radius 3 is 2.71 bits per heavy atom. The highest BCUT2D eigenvalue weighted by Gasteiger charge is 2.40. The van der Waals surface area contributed by atoms with Crippen molar-refractivity contribution < 1.29 is 13.9 Å². The first kappa shape index (κ1) is 21.2. The zero-order chi connectivity index (χ0) is 22.3. The van der Waals surface area contributed by atoms with E-state index in [-0.39, 0.29) is 17.6 Å². The summed E-state index contributed by atoms with van der Waals surface area (Å²) in [4.78, 5) is 14.9. The Morgan fingerprint density at radius 1 is 1.26 bits per heavy atom. The lowest BCUT2D eigenvalue weighted by Crippen LogP contribution is -2.21. The Morgan fingerprint density at radius 2 is 2.03 bits per heavy atom. The highest BCUT2D eigenvalue weighted by atomic mass is 32.1. The predicted octanol–water partition coefficient (Wildman–Crippen LogP) is 5.91. The van der Waals surface area contributed by atoms with E-state index in [1.54, 1.807) is 12.1 Å². The zero-order valence-corrected chi connectivity index (χ0v) is 18.8. The molecule has 0 N–H and O–H groups in total. The van der Waals surface area contributed by atoms with Crippen LogP contribution in [0, 0.1) is 6.92 Å². The SMILES string of the molecule is C=C1N(c2cccc(OC(C)F)c2)c2ccc(C(=O)Cc3nnc(C)s3)cc2C1(C)C. The normalized spacial score (nSPS) is 15.6. The van der Waals surface area contributed by atoms with Crippen molar-refractivity contribution in [3.63, 3.8) is 0 Å². The van der Waals surface area contributed by atoms with Gasteiger partial charge >= 0.3 is 0 Å². The number of carbonyl (C=O) groups is 1. The first-order chi connectivity index (χ1) is 14.7. The minimum absolute atomic E-state index is 0.00569. The fraction of sp³-hybridized carbons (Fsp3) is 0.292. The lowest BCUT2D eigenvalue weighted by Gasteiger charge is -2.26. The molecule has 1 aromatic heterocycles.